The van der Waals surface area contributed by atoms with E-state index in [1.54, 1.807) is 12.3 Å². The molecule has 1 atom stereocenters. The van der Waals surface area contributed by atoms with Crippen LogP contribution in [0.1, 0.15) is 39.0 Å². The van der Waals surface area contributed by atoms with E-state index in [0.717, 1.165) is 39.4 Å². The number of fused-ring (bicyclic) bond motifs is 1. The van der Waals surface area contributed by atoms with E-state index in [2.05, 4.69) is 25.6 Å². The highest BCUT2D eigenvalue weighted by Gasteiger charge is 2.23. The highest BCUT2D eigenvalue weighted by atomic mass is 19.1. The van der Waals surface area contributed by atoms with E-state index in [4.69, 9.17) is 0 Å². The van der Waals surface area contributed by atoms with E-state index >= 15 is 0 Å². The second-order valence-electron chi connectivity index (χ2n) is 8.38. The van der Waals surface area contributed by atoms with E-state index in [-0.39, 0.29) is 17.5 Å². The van der Waals surface area contributed by atoms with Gasteiger partial charge in [0.25, 0.3) is 5.91 Å². The van der Waals surface area contributed by atoms with Crippen LogP contribution in [-0.4, -0.2) is 20.9 Å². The lowest BCUT2D eigenvalue weighted by Gasteiger charge is -2.20. The molecule has 1 amide bonds. The van der Waals surface area contributed by atoms with Crippen molar-refractivity contribution >= 4 is 28.3 Å². The molecule has 0 aliphatic carbocycles. The van der Waals surface area contributed by atoms with Crippen LogP contribution >= 0.6 is 0 Å². The topological polar surface area (TPSA) is 82.7 Å². The number of pyridine rings is 2. The summed E-state index contributed by atoms with van der Waals surface area (Å²) < 4.78 is 13.6. The van der Waals surface area contributed by atoms with Crippen molar-refractivity contribution in [2.75, 3.05) is 10.6 Å². The van der Waals surface area contributed by atoms with Crippen LogP contribution in [0.15, 0.2) is 85.1 Å². The van der Waals surface area contributed by atoms with Crippen LogP contribution in [0.5, 0.6) is 0 Å². The number of hydrogen-bond donors (Lipinski definition) is 3. The van der Waals surface area contributed by atoms with Crippen LogP contribution in [-0.2, 0) is 0 Å². The third-order valence-electron chi connectivity index (χ3n) is 5.83. The van der Waals surface area contributed by atoms with Crippen LogP contribution < -0.4 is 10.6 Å². The molecule has 3 heterocycles. The molecule has 0 saturated heterocycles. The monoisotopic (exact) mass is 465 g/mol. The predicted molar refractivity (Wildman–Crippen MR) is 136 cm³/mol. The second-order valence-corrected chi connectivity index (χ2v) is 8.38. The minimum absolute atomic E-state index is 0.258. The molecule has 0 fully saturated rings. The zero-order valence-electron chi connectivity index (χ0n) is 19.3. The maximum Gasteiger partial charge on any atom is 0.255 e. The zero-order chi connectivity index (χ0) is 24.4. The van der Waals surface area contributed by atoms with Gasteiger partial charge in [-0.05, 0) is 74.5 Å². The number of nitrogens with zero attached hydrogens (tertiary/aromatic N) is 2. The van der Waals surface area contributed by atoms with Gasteiger partial charge < -0.3 is 15.6 Å². The lowest BCUT2D eigenvalue weighted by atomic mass is 9.99. The summed E-state index contributed by atoms with van der Waals surface area (Å²) in [7, 11) is 0. The number of carbonyl (C=O) groups excluding carboxylic acids is 1. The molecule has 0 saturated carbocycles. The second kappa shape index (κ2) is 9.38. The standard InChI is InChI=1S/C28H24FN5O/c1-17-7-5-11-25(31-17)34-27(24-10-3-4-14-30-24)26-18(2)32-23-13-12-21(16-22(23)26)33-28(35)19-8-6-9-20(29)15-19/h3-16,27,32H,1-2H3,(H,31,34)(H,33,35)/t27-/m1/s1. The van der Waals surface area contributed by atoms with Crippen molar-refractivity contribution in [1.82, 2.24) is 15.0 Å². The molecule has 5 rings (SSSR count). The Hall–Kier alpha value is -4.52. The molecule has 0 aliphatic heterocycles. The molecular formula is C28H24FN5O. The normalized spacial score (nSPS) is 11.9. The smallest absolute Gasteiger partial charge is 0.255 e. The van der Waals surface area contributed by atoms with Crippen molar-refractivity contribution in [3.8, 4) is 0 Å². The van der Waals surface area contributed by atoms with E-state index in [1.807, 2.05) is 68.4 Å². The van der Waals surface area contributed by atoms with Crippen molar-refractivity contribution in [2.24, 2.45) is 0 Å². The number of hydrogen-bond acceptors (Lipinski definition) is 4. The number of anilines is 2. The molecule has 35 heavy (non-hydrogen) atoms. The summed E-state index contributed by atoms with van der Waals surface area (Å²) in [5.74, 6) is -0.0864. The van der Waals surface area contributed by atoms with Crippen LogP contribution in [0.3, 0.4) is 0 Å². The number of aromatic amines is 1. The molecule has 6 nitrogen and oxygen atoms in total. The predicted octanol–water partition coefficient (Wildman–Crippen LogP) is 6.17. The summed E-state index contributed by atoms with van der Waals surface area (Å²) in [5.41, 5.74) is 5.53. The molecule has 174 valence electrons. The number of rotatable bonds is 6. The zero-order valence-corrected chi connectivity index (χ0v) is 19.3. The lowest BCUT2D eigenvalue weighted by Crippen LogP contribution is -2.16. The minimum Gasteiger partial charge on any atom is -0.358 e. The molecule has 7 heteroatoms. The summed E-state index contributed by atoms with van der Waals surface area (Å²) in [5, 5.41) is 7.36. The summed E-state index contributed by atoms with van der Waals surface area (Å²) in [6.07, 6.45) is 1.77. The molecule has 2 aromatic carbocycles. The van der Waals surface area contributed by atoms with Crippen molar-refractivity contribution in [3.63, 3.8) is 0 Å². The van der Waals surface area contributed by atoms with Gasteiger partial charge in [-0.15, -0.1) is 0 Å². The van der Waals surface area contributed by atoms with Crippen LogP contribution in [0.2, 0.25) is 0 Å². The molecule has 0 spiro atoms. The molecule has 5 aromatic rings. The van der Waals surface area contributed by atoms with E-state index in [0.29, 0.717) is 5.69 Å². The highest BCUT2D eigenvalue weighted by molar-refractivity contribution is 6.05. The molecule has 3 N–H and O–H groups in total. The number of H-pyrrole nitrogens is 1. The molecule has 0 unspecified atom stereocenters. The number of carbonyl (C=O) groups is 1. The molecular weight excluding hydrogens is 441 g/mol. The van der Waals surface area contributed by atoms with Crippen molar-refractivity contribution in [3.05, 3.63) is 119 Å². The maximum atomic E-state index is 13.6. The van der Waals surface area contributed by atoms with Gasteiger partial charge in [0.1, 0.15) is 11.6 Å². The Bertz CT molecular complexity index is 1510. The SMILES string of the molecule is Cc1cccc(N[C@H](c2ccccn2)c2c(C)[nH]c3ccc(NC(=O)c4cccc(F)c4)cc23)n1. The van der Waals surface area contributed by atoms with Crippen molar-refractivity contribution in [2.45, 2.75) is 19.9 Å². The van der Waals surface area contributed by atoms with Gasteiger partial charge in [-0.25, -0.2) is 9.37 Å². The molecule has 0 radical (unpaired) electrons. The maximum absolute atomic E-state index is 13.6. The molecule has 0 bridgehead atoms. The minimum atomic E-state index is -0.453. The van der Waals surface area contributed by atoms with Gasteiger partial charge in [-0.3, -0.25) is 9.78 Å². The average molecular weight is 466 g/mol. The molecule has 3 aromatic heterocycles. The fourth-order valence-corrected chi connectivity index (χ4v) is 4.24. The third-order valence-corrected chi connectivity index (χ3v) is 5.83. The fraction of sp³-hybridized carbons (Fsp3) is 0.107. The van der Waals surface area contributed by atoms with Gasteiger partial charge in [0, 0.05) is 45.3 Å². The van der Waals surface area contributed by atoms with Gasteiger partial charge in [0.15, 0.2) is 0 Å². The first kappa shape index (κ1) is 22.3. The van der Waals surface area contributed by atoms with Gasteiger partial charge in [0.05, 0.1) is 11.7 Å². The van der Waals surface area contributed by atoms with Gasteiger partial charge >= 0.3 is 0 Å². The first-order chi connectivity index (χ1) is 17.0. The highest BCUT2D eigenvalue weighted by Crippen LogP contribution is 2.35. The summed E-state index contributed by atoms with van der Waals surface area (Å²) in [6, 6.07) is 22.7. The van der Waals surface area contributed by atoms with Crippen LogP contribution in [0, 0.1) is 19.7 Å². The van der Waals surface area contributed by atoms with Crippen LogP contribution in [0.4, 0.5) is 15.9 Å². The Labute approximate surface area is 202 Å². The van der Waals surface area contributed by atoms with Gasteiger partial charge in [-0.1, -0.05) is 18.2 Å². The van der Waals surface area contributed by atoms with Gasteiger partial charge in [-0.2, -0.15) is 0 Å². The quantitative estimate of drug-likeness (QED) is 0.280. The van der Waals surface area contributed by atoms with Crippen LogP contribution in [0.25, 0.3) is 10.9 Å². The van der Waals surface area contributed by atoms with E-state index < -0.39 is 5.82 Å². The largest absolute Gasteiger partial charge is 0.358 e. The number of benzene rings is 2. The van der Waals surface area contributed by atoms with E-state index in [9.17, 15) is 9.18 Å². The average Bonchev–Trinajstić information content (AvgIpc) is 3.18. The first-order valence-electron chi connectivity index (χ1n) is 11.3. The Morgan fingerprint density at radius 3 is 2.60 bits per heavy atom. The number of aromatic nitrogens is 3. The Morgan fingerprint density at radius 2 is 1.83 bits per heavy atom. The number of halogens is 1. The van der Waals surface area contributed by atoms with E-state index in [1.165, 1.54) is 18.2 Å². The van der Waals surface area contributed by atoms with Crippen molar-refractivity contribution < 1.29 is 9.18 Å². The lowest BCUT2D eigenvalue weighted by molar-refractivity contribution is 0.102. The number of amides is 1. The Morgan fingerprint density at radius 1 is 0.971 bits per heavy atom. The summed E-state index contributed by atoms with van der Waals surface area (Å²) >= 11 is 0. The van der Waals surface area contributed by atoms with Gasteiger partial charge in [0.2, 0.25) is 0 Å². The number of aryl methyl sites for hydroxylation is 2. The molecule has 0 aliphatic rings. The fourth-order valence-electron chi connectivity index (χ4n) is 4.24. The first-order valence-corrected chi connectivity index (χ1v) is 11.3. The van der Waals surface area contributed by atoms with Crippen molar-refractivity contribution in [1.29, 1.82) is 0 Å². The summed E-state index contributed by atoms with van der Waals surface area (Å²) in [4.78, 5) is 25.4. The third kappa shape index (κ3) is 4.75. The Balaban J connectivity index is 1.56. The number of nitrogens with one attached hydrogen (secondary N) is 3. The Kier molecular flexibility index (Phi) is 5.97. The summed E-state index contributed by atoms with van der Waals surface area (Å²) in [6.45, 7) is 3.97.